The van der Waals surface area contributed by atoms with E-state index >= 15 is 0 Å². The van der Waals surface area contributed by atoms with E-state index in [-0.39, 0.29) is 12.2 Å². The van der Waals surface area contributed by atoms with E-state index in [0.717, 1.165) is 11.1 Å². The molecule has 0 saturated heterocycles. The molecule has 0 atom stereocenters. The second kappa shape index (κ2) is 9.37. The van der Waals surface area contributed by atoms with Crippen molar-refractivity contribution in [2.24, 2.45) is 4.99 Å². The Morgan fingerprint density at radius 3 is 2.43 bits per heavy atom. The molecule has 3 nitrogen and oxygen atoms in total. The smallest absolute Gasteiger partial charge is 0.356 e. The molecule has 0 unspecified atom stereocenters. The SMILES string of the molecule is CN=C(NCCCCC(F)(F)F)NCCc1ccc(F)cc1C. The Labute approximate surface area is 134 Å². The Balaban J connectivity index is 2.24. The van der Waals surface area contributed by atoms with E-state index in [1.54, 1.807) is 13.1 Å². The molecule has 2 N–H and O–H groups in total. The second-order valence-electron chi connectivity index (χ2n) is 5.32. The summed E-state index contributed by atoms with van der Waals surface area (Å²) in [6.45, 7) is 2.90. The summed E-state index contributed by atoms with van der Waals surface area (Å²) in [4.78, 5) is 4.01. The predicted octanol–water partition coefficient (Wildman–Crippen LogP) is 3.57. The van der Waals surface area contributed by atoms with Gasteiger partial charge >= 0.3 is 6.18 Å². The van der Waals surface area contributed by atoms with Gasteiger partial charge in [0, 0.05) is 26.6 Å². The number of aliphatic imine (C=N–C) groups is 1. The monoisotopic (exact) mass is 333 g/mol. The maximum atomic E-state index is 13.0. The highest BCUT2D eigenvalue weighted by molar-refractivity contribution is 5.79. The quantitative estimate of drug-likeness (QED) is 0.346. The molecule has 7 heteroatoms. The number of aryl methyl sites for hydroxylation is 1. The maximum absolute atomic E-state index is 13.0. The summed E-state index contributed by atoms with van der Waals surface area (Å²) in [5.41, 5.74) is 1.93. The van der Waals surface area contributed by atoms with E-state index in [1.165, 1.54) is 12.1 Å². The van der Waals surface area contributed by atoms with Crippen molar-refractivity contribution in [3.05, 3.63) is 35.1 Å². The molecule has 0 fully saturated rings. The molecule has 0 amide bonds. The normalized spacial score (nSPS) is 12.3. The molecular weight excluding hydrogens is 310 g/mol. The van der Waals surface area contributed by atoms with Crippen molar-refractivity contribution >= 4 is 5.96 Å². The van der Waals surface area contributed by atoms with Gasteiger partial charge in [0.15, 0.2) is 5.96 Å². The van der Waals surface area contributed by atoms with Crippen LogP contribution in [0.4, 0.5) is 17.6 Å². The zero-order valence-corrected chi connectivity index (χ0v) is 13.4. The van der Waals surface area contributed by atoms with Crippen molar-refractivity contribution in [1.82, 2.24) is 10.6 Å². The number of nitrogens with zero attached hydrogens (tertiary/aromatic N) is 1. The zero-order valence-electron chi connectivity index (χ0n) is 13.4. The molecule has 0 aliphatic heterocycles. The Morgan fingerprint density at radius 2 is 1.83 bits per heavy atom. The van der Waals surface area contributed by atoms with Gasteiger partial charge in [0.05, 0.1) is 0 Å². The first-order valence-corrected chi connectivity index (χ1v) is 7.58. The molecule has 1 aromatic carbocycles. The summed E-state index contributed by atoms with van der Waals surface area (Å²) in [5.74, 6) is 0.298. The predicted molar refractivity (Wildman–Crippen MR) is 84.1 cm³/mol. The van der Waals surface area contributed by atoms with Gasteiger partial charge in [-0.05, 0) is 49.4 Å². The third-order valence-electron chi connectivity index (χ3n) is 3.39. The van der Waals surface area contributed by atoms with Gasteiger partial charge in [0.1, 0.15) is 5.82 Å². The highest BCUT2D eigenvalue weighted by Gasteiger charge is 2.25. The van der Waals surface area contributed by atoms with Crippen molar-refractivity contribution < 1.29 is 17.6 Å². The molecule has 0 heterocycles. The lowest BCUT2D eigenvalue weighted by Crippen LogP contribution is -2.38. The van der Waals surface area contributed by atoms with Crippen molar-refractivity contribution in [3.8, 4) is 0 Å². The van der Waals surface area contributed by atoms with Crippen LogP contribution in [0.2, 0.25) is 0 Å². The van der Waals surface area contributed by atoms with Crippen LogP contribution in [0.15, 0.2) is 23.2 Å². The van der Waals surface area contributed by atoms with Crippen molar-refractivity contribution in [2.75, 3.05) is 20.1 Å². The molecule has 130 valence electrons. The standard InChI is InChI=1S/C16H23F4N3/c1-12-11-14(17)6-5-13(12)7-10-23-15(21-2)22-9-4-3-8-16(18,19)20/h5-6,11H,3-4,7-10H2,1-2H3,(H2,21,22,23). The largest absolute Gasteiger partial charge is 0.389 e. The van der Waals surface area contributed by atoms with E-state index < -0.39 is 12.6 Å². The third kappa shape index (κ3) is 8.42. The van der Waals surface area contributed by atoms with Crippen LogP contribution in [0.5, 0.6) is 0 Å². The van der Waals surface area contributed by atoms with Gasteiger partial charge in [-0.15, -0.1) is 0 Å². The number of guanidine groups is 1. The summed E-state index contributed by atoms with van der Waals surface area (Å²) in [5, 5.41) is 6.07. The summed E-state index contributed by atoms with van der Waals surface area (Å²) >= 11 is 0. The number of halogens is 4. The molecule has 0 aliphatic carbocycles. The minimum absolute atomic E-state index is 0.0995. The number of nitrogens with one attached hydrogen (secondary N) is 2. The van der Waals surface area contributed by atoms with Gasteiger partial charge in [0.25, 0.3) is 0 Å². The number of alkyl halides is 3. The van der Waals surface area contributed by atoms with Crippen LogP contribution in [0.25, 0.3) is 0 Å². The molecule has 0 aromatic heterocycles. The van der Waals surface area contributed by atoms with Crippen LogP contribution in [0, 0.1) is 12.7 Å². The molecule has 1 rings (SSSR count). The Hall–Kier alpha value is -1.79. The average molecular weight is 333 g/mol. The van der Waals surface area contributed by atoms with Crippen LogP contribution in [-0.2, 0) is 6.42 Å². The van der Waals surface area contributed by atoms with Crippen LogP contribution in [-0.4, -0.2) is 32.3 Å². The summed E-state index contributed by atoms with van der Waals surface area (Å²) < 4.78 is 49.1. The van der Waals surface area contributed by atoms with Gasteiger partial charge < -0.3 is 10.6 Å². The molecule has 0 aliphatic rings. The molecule has 0 radical (unpaired) electrons. The molecule has 0 saturated carbocycles. The van der Waals surface area contributed by atoms with Gasteiger partial charge in [0.2, 0.25) is 0 Å². The van der Waals surface area contributed by atoms with Gasteiger partial charge in [-0.25, -0.2) is 4.39 Å². The first-order valence-electron chi connectivity index (χ1n) is 7.58. The van der Waals surface area contributed by atoms with Gasteiger partial charge in [-0.2, -0.15) is 13.2 Å². The lowest BCUT2D eigenvalue weighted by Gasteiger charge is -2.13. The summed E-state index contributed by atoms with van der Waals surface area (Å²) in [7, 11) is 1.61. The average Bonchev–Trinajstić information content (AvgIpc) is 2.46. The van der Waals surface area contributed by atoms with Gasteiger partial charge in [-0.3, -0.25) is 4.99 Å². The number of hydrogen-bond donors (Lipinski definition) is 2. The molecule has 1 aromatic rings. The number of benzene rings is 1. The van der Waals surface area contributed by atoms with E-state index in [4.69, 9.17) is 0 Å². The molecule has 0 spiro atoms. The molecule has 23 heavy (non-hydrogen) atoms. The number of rotatable bonds is 7. The van der Waals surface area contributed by atoms with Gasteiger partial charge in [-0.1, -0.05) is 6.07 Å². The first kappa shape index (κ1) is 19.3. The minimum Gasteiger partial charge on any atom is -0.356 e. The second-order valence-corrected chi connectivity index (χ2v) is 5.32. The van der Waals surface area contributed by atoms with E-state index in [2.05, 4.69) is 15.6 Å². The fraction of sp³-hybridized carbons (Fsp3) is 0.562. The Morgan fingerprint density at radius 1 is 1.13 bits per heavy atom. The molecule has 0 bridgehead atoms. The Bertz CT molecular complexity index is 513. The van der Waals surface area contributed by atoms with Crippen LogP contribution < -0.4 is 10.6 Å². The van der Waals surface area contributed by atoms with E-state index in [1.807, 2.05) is 6.92 Å². The topological polar surface area (TPSA) is 36.4 Å². The van der Waals surface area contributed by atoms with Crippen LogP contribution >= 0.6 is 0 Å². The minimum atomic E-state index is -4.09. The Kier molecular flexibility index (Phi) is 7.85. The third-order valence-corrected chi connectivity index (χ3v) is 3.39. The van der Waals surface area contributed by atoms with Crippen molar-refractivity contribution in [3.63, 3.8) is 0 Å². The van der Waals surface area contributed by atoms with E-state index in [0.29, 0.717) is 31.9 Å². The first-order chi connectivity index (χ1) is 10.8. The zero-order chi connectivity index (χ0) is 17.3. The number of unbranched alkanes of at least 4 members (excludes halogenated alkanes) is 1. The van der Waals surface area contributed by atoms with Crippen LogP contribution in [0.3, 0.4) is 0 Å². The fourth-order valence-corrected chi connectivity index (χ4v) is 2.13. The highest BCUT2D eigenvalue weighted by atomic mass is 19.4. The van der Waals surface area contributed by atoms with Crippen molar-refractivity contribution in [2.45, 2.75) is 38.8 Å². The van der Waals surface area contributed by atoms with Crippen molar-refractivity contribution in [1.29, 1.82) is 0 Å². The lowest BCUT2D eigenvalue weighted by atomic mass is 10.1. The highest BCUT2D eigenvalue weighted by Crippen LogP contribution is 2.21. The summed E-state index contributed by atoms with van der Waals surface area (Å²) in [6.07, 6.45) is -3.61. The maximum Gasteiger partial charge on any atom is 0.389 e. The fourth-order valence-electron chi connectivity index (χ4n) is 2.13. The van der Waals surface area contributed by atoms with E-state index in [9.17, 15) is 17.6 Å². The number of hydrogen-bond acceptors (Lipinski definition) is 1. The summed E-state index contributed by atoms with van der Waals surface area (Å²) in [6, 6.07) is 4.67. The lowest BCUT2D eigenvalue weighted by molar-refractivity contribution is -0.135. The molecular formula is C16H23F4N3. The van der Waals surface area contributed by atoms with Crippen LogP contribution in [0.1, 0.15) is 30.4 Å².